The summed E-state index contributed by atoms with van der Waals surface area (Å²) < 4.78 is 0. The van der Waals surface area contributed by atoms with Crippen molar-refractivity contribution in [3.63, 3.8) is 0 Å². The Labute approximate surface area is 50.5 Å². The third-order valence-corrected chi connectivity index (χ3v) is 1.04. The molecule has 0 aliphatic rings. The van der Waals surface area contributed by atoms with E-state index in [1.54, 1.807) is 0 Å². The molecule has 0 aromatic heterocycles. The van der Waals surface area contributed by atoms with Crippen molar-refractivity contribution < 1.29 is 0 Å². The molecule has 0 rings (SSSR count). The van der Waals surface area contributed by atoms with Crippen LogP contribution in [0, 0.1) is 11.3 Å². The van der Waals surface area contributed by atoms with Crippen molar-refractivity contribution in [3.8, 4) is 0 Å². The summed E-state index contributed by atoms with van der Waals surface area (Å²) in [7, 11) is 0. The first-order chi connectivity index (χ1) is 3.77. The minimum absolute atomic E-state index is 0.595. The highest BCUT2D eigenvalue weighted by Gasteiger charge is 1.96. The largest absolute Gasteiger partial charge is 0.305 e. The number of rotatable bonds is 3. The van der Waals surface area contributed by atoms with Gasteiger partial charge in [0.1, 0.15) is 4.98 Å². The molecule has 0 amide bonds. The van der Waals surface area contributed by atoms with E-state index in [-0.39, 0.29) is 0 Å². The molecule has 0 N–H and O–H groups in total. The van der Waals surface area contributed by atoms with Gasteiger partial charge in [0, 0.05) is 6.42 Å². The highest BCUT2D eigenvalue weighted by molar-refractivity contribution is 4.55. The van der Waals surface area contributed by atoms with Crippen molar-refractivity contribution in [2.24, 2.45) is 5.92 Å². The maximum absolute atomic E-state index is 8.00. The number of nitrogens with zero attached hydrogens (tertiary/aromatic N) is 2. The fourth-order valence-corrected chi connectivity index (χ4v) is 0.570. The topological polar surface area (TPSA) is 28.1 Å². The van der Waals surface area contributed by atoms with Crippen molar-refractivity contribution in [1.29, 1.82) is 5.39 Å². The molecule has 0 fully saturated rings. The third-order valence-electron chi connectivity index (χ3n) is 1.04. The van der Waals surface area contributed by atoms with Gasteiger partial charge in [0.2, 0.25) is 5.39 Å². The molecule has 0 radical (unpaired) electrons. The van der Waals surface area contributed by atoms with Crippen LogP contribution in [-0.2, 0) is 0 Å². The van der Waals surface area contributed by atoms with Crippen molar-refractivity contribution in [3.05, 3.63) is 4.98 Å². The summed E-state index contributed by atoms with van der Waals surface area (Å²) in [5.41, 5.74) is 0. The van der Waals surface area contributed by atoms with E-state index in [4.69, 9.17) is 5.39 Å². The average Bonchev–Trinajstić information content (AvgIpc) is 1.66. The Bertz CT molecular complexity index is 81.0. The maximum atomic E-state index is 8.00. The molecule has 0 aliphatic heterocycles. The zero-order chi connectivity index (χ0) is 6.41. The van der Waals surface area contributed by atoms with Gasteiger partial charge in [-0.15, -0.1) is 0 Å². The SMILES string of the molecule is CC(C)CCC[N+]#N. The minimum Gasteiger partial charge on any atom is -0.0628 e. The fourth-order valence-electron chi connectivity index (χ4n) is 0.570. The van der Waals surface area contributed by atoms with Gasteiger partial charge in [-0.2, -0.15) is 0 Å². The Morgan fingerprint density at radius 3 is 2.50 bits per heavy atom. The Balaban J connectivity index is 2.85. The van der Waals surface area contributed by atoms with E-state index in [9.17, 15) is 0 Å². The summed E-state index contributed by atoms with van der Waals surface area (Å²) in [5.74, 6) is 0.733. The van der Waals surface area contributed by atoms with Crippen LogP contribution in [0.4, 0.5) is 0 Å². The van der Waals surface area contributed by atoms with E-state index in [1.807, 2.05) is 0 Å². The molecule has 0 bridgehead atoms. The van der Waals surface area contributed by atoms with E-state index in [1.165, 1.54) is 0 Å². The van der Waals surface area contributed by atoms with E-state index in [2.05, 4.69) is 18.8 Å². The first kappa shape index (κ1) is 7.42. The lowest BCUT2D eigenvalue weighted by Crippen LogP contribution is -1.87. The molecule has 0 aromatic carbocycles. The number of diazo groups is 1. The van der Waals surface area contributed by atoms with Gasteiger partial charge in [-0.3, -0.25) is 0 Å². The Morgan fingerprint density at radius 2 is 2.12 bits per heavy atom. The molecule has 0 aromatic rings. The van der Waals surface area contributed by atoms with Crippen LogP contribution in [0.15, 0.2) is 0 Å². The van der Waals surface area contributed by atoms with Crippen LogP contribution in [0.2, 0.25) is 0 Å². The van der Waals surface area contributed by atoms with Gasteiger partial charge in [0.05, 0.1) is 0 Å². The molecular weight excluding hydrogens is 100 g/mol. The average molecular weight is 113 g/mol. The van der Waals surface area contributed by atoms with E-state index < -0.39 is 0 Å². The minimum atomic E-state index is 0.595. The van der Waals surface area contributed by atoms with Crippen molar-refractivity contribution in [1.82, 2.24) is 0 Å². The number of hydrogen-bond donors (Lipinski definition) is 0. The second-order valence-electron chi connectivity index (χ2n) is 2.40. The van der Waals surface area contributed by atoms with Gasteiger partial charge in [0.15, 0.2) is 0 Å². The van der Waals surface area contributed by atoms with Crippen LogP contribution < -0.4 is 0 Å². The highest BCUT2D eigenvalue weighted by atomic mass is 14.8. The lowest BCUT2D eigenvalue weighted by atomic mass is 10.1. The van der Waals surface area contributed by atoms with Gasteiger partial charge in [-0.25, -0.2) is 0 Å². The highest BCUT2D eigenvalue weighted by Crippen LogP contribution is 2.02. The monoisotopic (exact) mass is 113 g/mol. The first-order valence-corrected chi connectivity index (χ1v) is 3.08. The lowest BCUT2D eigenvalue weighted by Gasteiger charge is -1.95. The Hall–Kier alpha value is -0.580. The van der Waals surface area contributed by atoms with Crippen molar-refractivity contribution >= 4 is 0 Å². The van der Waals surface area contributed by atoms with Crippen molar-refractivity contribution in [2.75, 3.05) is 6.54 Å². The fraction of sp³-hybridized carbons (Fsp3) is 1.00. The summed E-state index contributed by atoms with van der Waals surface area (Å²) in [4.78, 5) is 3.01. The van der Waals surface area contributed by atoms with E-state index in [0.717, 1.165) is 18.8 Å². The summed E-state index contributed by atoms with van der Waals surface area (Å²) in [6, 6.07) is 0. The lowest BCUT2D eigenvalue weighted by molar-refractivity contribution is 0.570. The molecule has 0 heterocycles. The molecule has 0 aliphatic carbocycles. The van der Waals surface area contributed by atoms with Crippen molar-refractivity contribution in [2.45, 2.75) is 26.7 Å². The van der Waals surface area contributed by atoms with Gasteiger partial charge >= 0.3 is 6.54 Å². The van der Waals surface area contributed by atoms with Crippen LogP contribution >= 0.6 is 0 Å². The standard InChI is InChI=1S/C6H13N2/c1-6(2)4-3-5-8-7/h6H,3-5H2,1-2H3/q+1. The smallest absolute Gasteiger partial charge is 0.0628 e. The zero-order valence-electron chi connectivity index (χ0n) is 5.59. The predicted octanol–water partition coefficient (Wildman–Crippen LogP) is 2.28. The molecular formula is C6H13N2+. The molecule has 0 spiro atoms. The second-order valence-corrected chi connectivity index (χ2v) is 2.40. The zero-order valence-corrected chi connectivity index (χ0v) is 5.59. The Morgan fingerprint density at radius 1 is 1.50 bits per heavy atom. The summed E-state index contributed by atoms with van der Waals surface area (Å²) in [6.07, 6.45) is 2.16. The van der Waals surface area contributed by atoms with Crippen LogP contribution in [0.25, 0.3) is 4.98 Å². The van der Waals surface area contributed by atoms with Crippen LogP contribution in [0.1, 0.15) is 26.7 Å². The molecule has 0 atom stereocenters. The van der Waals surface area contributed by atoms with E-state index >= 15 is 0 Å². The summed E-state index contributed by atoms with van der Waals surface area (Å²) in [5, 5.41) is 8.00. The molecule has 0 saturated heterocycles. The van der Waals surface area contributed by atoms with Gasteiger partial charge in [-0.1, -0.05) is 13.8 Å². The summed E-state index contributed by atoms with van der Waals surface area (Å²) in [6.45, 7) is 4.92. The molecule has 2 nitrogen and oxygen atoms in total. The first-order valence-electron chi connectivity index (χ1n) is 3.08. The van der Waals surface area contributed by atoms with Gasteiger partial charge < -0.3 is 0 Å². The molecule has 0 saturated carbocycles. The number of hydrogen-bond acceptors (Lipinski definition) is 1. The van der Waals surface area contributed by atoms with Gasteiger partial charge in [-0.05, 0) is 12.3 Å². The third kappa shape index (κ3) is 5.42. The molecule has 8 heavy (non-hydrogen) atoms. The quantitative estimate of drug-likeness (QED) is 0.407. The molecule has 46 valence electrons. The maximum Gasteiger partial charge on any atom is 0.305 e. The Kier molecular flexibility index (Phi) is 4.24. The molecule has 0 unspecified atom stereocenters. The predicted molar refractivity (Wildman–Crippen MR) is 34.0 cm³/mol. The van der Waals surface area contributed by atoms with Crippen LogP contribution in [-0.4, -0.2) is 6.54 Å². The van der Waals surface area contributed by atoms with E-state index in [0.29, 0.717) is 6.54 Å². The normalized spacial score (nSPS) is 9.25. The van der Waals surface area contributed by atoms with Gasteiger partial charge in [0.25, 0.3) is 0 Å². The molecule has 2 heteroatoms. The summed E-state index contributed by atoms with van der Waals surface area (Å²) >= 11 is 0. The van der Waals surface area contributed by atoms with Crippen LogP contribution in [0.5, 0.6) is 0 Å². The van der Waals surface area contributed by atoms with Crippen LogP contribution in [0.3, 0.4) is 0 Å². The second kappa shape index (κ2) is 4.58.